The molecule has 9 aromatic rings. The van der Waals surface area contributed by atoms with Crippen molar-refractivity contribution < 1.29 is 0 Å². The molecule has 0 aliphatic heterocycles. The molecule has 9 aromatic carbocycles. The second kappa shape index (κ2) is 23.7. The zero-order valence-corrected chi connectivity index (χ0v) is 42.6. The van der Waals surface area contributed by atoms with Crippen molar-refractivity contribution >= 4 is 5.57 Å². The smallest absolute Gasteiger partial charge is 0.0510 e. The van der Waals surface area contributed by atoms with Crippen LogP contribution in [0.3, 0.4) is 0 Å². The zero-order valence-electron chi connectivity index (χ0n) is 42.6. The van der Waals surface area contributed by atoms with Crippen LogP contribution in [0.15, 0.2) is 255 Å². The SMILES string of the molecule is C=C1c2ccccc2CC2(c3cc(C)ccc31)c1ccccc1-c1ccc(-c3ccc(C)cc3)cc12.CC.CC1=CCCC=C1.Cc1ccccc1.c1ccc(Cc2cccc(-c3ccccc3)c2)cc1. The molecule has 0 radical (unpaired) electrons. The van der Waals surface area contributed by atoms with Crippen LogP contribution in [0, 0.1) is 20.8 Å². The summed E-state index contributed by atoms with van der Waals surface area (Å²) in [4.78, 5) is 0. The molecule has 0 fully saturated rings. The Bertz CT molecular complexity index is 3240. The molecule has 0 nitrogen and oxygen atoms in total. The highest BCUT2D eigenvalue weighted by Crippen LogP contribution is 2.58. The van der Waals surface area contributed by atoms with Gasteiger partial charge in [-0.1, -0.05) is 279 Å². The van der Waals surface area contributed by atoms with Gasteiger partial charge in [-0.25, -0.2) is 0 Å². The normalized spacial score (nSPS) is 14.3. The van der Waals surface area contributed by atoms with Crippen LogP contribution in [-0.4, -0.2) is 0 Å². The molecule has 352 valence electrons. The van der Waals surface area contributed by atoms with Crippen LogP contribution >= 0.6 is 0 Å². The summed E-state index contributed by atoms with van der Waals surface area (Å²) in [5.41, 5.74) is 24.7. The average molecular weight is 921 g/mol. The summed E-state index contributed by atoms with van der Waals surface area (Å²) in [6, 6.07) is 81.0. The fourth-order valence-electron chi connectivity index (χ4n) is 10.1. The molecule has 0 saturated heterocycles. The highest BCUT2D eigenvalue weighted by molar-refractivity contribution is 5.91. The Morgan fingerprint density at radius 1 is 0.394 bits per heavy atom. The molecule has 0 aromatic heterocycles. The lowest BCUT2D eigenvalue weighted by Gasteiger charge is -2.34. The van der Waals surface area contributed by atoms with Gasteiger partial charge in [-0.3, -0.25) is 0 Å². The fourth-order valence-corrected chi connectivity index (χ4v) is 10.1. The molecule has 3 aliphatic carbocycles. The molecule has 12 rings (SSSR count). The van der Waals surface area contributed by atoms with Crippen molar-refractivity contribution in [3.8, 4) is 33.4 Å². The second-order valence-corrected chi connectivity index (χ2v) is 18.8. The molecule has 0 amide bonds. The summed E-state index contributed by atoms with van der Waals surface area (Å²) >= 11 is 0. The largest absolute Gasteiger partial charge is 0.0905 e. The molecule has 0 N–H and O–H groups in total. The van der Waals surface area contributed by atoms with Crippen molar-refractivity contribution in [2.75, 3.05) is 0 Å². The number of hydrogen-bond donors (Lipinski definition) is 0. The van der Waals surface area contributed by atoms with Gasteiger partial charge in [-0.15, -0.1) is 0 Å². The lowest BCUT2D eigenvalue weighted by atomic mass is 9.67. The number of benzene rings is 9. The first-order valence-corrected chi connectivity index (χ1v) is 25.5. The van der Waals surface area contributed by atoms with Crippen molar-refractivity contribution in [2.24, 2.45) is 0 Å². The van der Waals surface area contributed by atoms with Crippen molar-refractivity contribution in [3.63, 3.8) is 0 Å². The van der Waals surface area contributed by atoms with Gasteiger partial charge >= 0.3 is 0 Å². The molecule has 0 bridgehead atoms. The summed E-state index contributed by atoms with van der Waals surface area (Å²) in [6.45, 7) is 17.2. The first-order valence-electron chi connectivity index (χ1n) is 25.5. The van der Waals surface area contributed by atoms with E-state index in [1.54, 1.807) is 0 Å². The Morgan fingerprint density at radius 2 is 0.915 bits per heavy atom. The maximum atomic E-state index is 4.63. The predicted molar refractivity (Wildman–Crippen MR) is 307 cm³/mol. The minimum atomic E-state index is -0.274. The maximum absolute atomic E-state index is 4.63. The molecule has 0 heterocycles. The summed E-state index contributed by atoms with van der Waals surface area (Å²) in [5.74, 6) is 0. The number of hydrogen-bond acceptors (Lipinski definition) is 0. The van der Waals surface area contributed by atoms with E-state index in [9.17, 15) is 0 Å². The van der Waals surface area contributed by atoms with Gasteiger partial charge in [0.1, 0.15) is 0 Å². The van der Waals surface area contributed by atoms with E-state index in [1.807, 2.05) is 32.0 Å². The summed E-state index contributed by atoms with van der Waals surface area (Å²) in [7, 11) is 0. The second-order valence-electron chi connectivity index (χ2n) is 18.8. The number of allylic oxidation sites excluding steroid dienone is 4. The molecule has 1 spiro atoms. The highest BCUT2D eigenvalue weighted by Gasteiger charge is 2.47. The number of fused-ring (bicyclic) bond motifs is 8. The molecule has 3 aliphatic rings. The third kappa shape index (κ3) is 11.6. The Hall–Kier alpha value is -7.80. The quantitative estimate of drug-likeness (QED) is 0.165. The molecule has 71 heavy (non-hydrogen) atoms. The monoisotopic (exact) mass is 921 g/mol. The standard InChI is InChI=1S/C36H28.C19H16.C7H10.C7H8.C2H6/c1-23-12-15-26(16-13-23)27-17-19-32-31-10-6-7-11-33(31)36(35(32)21-27)22-28-8-4-5-9-29(28)25(3)30-18-14-24(2)20-34(30)36;1-3-8-16(9-4-1)14-17-10-7-13-19(15-17)18-11-5-2-6-12-18;2*1-7-5-3-2-4-6-7;1-2/h4-21H,3,22H2,1-2H3;1-13,15H,14H2;3,5-6H,2,4H2,1H3;2-6H,1H3;1-2H3. The molecule has 1 atom stereocenters. The van der Waals surface area contributed by atoms with E-state index in [2.05, 4.69) is 259 Å². The predicted octanol–water partition coefficient (Wildman–Crippen LogP) is 19.2. The van der Waals surface area contributed by atoms with E-state index in [1.165, 1.54) is 113 Å². The van der Waals surface area contributed by atoms with Crippen LogP contribution in [-0.2, 0) is 18.3 Å². The van der Waals surface area contributed by atoms with Crippen molar-refractivity contribution in [3.05, 3.63) is 316 Å². The van der Waals surface area contributed by atoms with E-state index in [0.717, 1.165) is 18.4 Å². The molecule has 0 saturated carbocycles. The van der Waals surface area contributed by atoms with Gasteiger partial charge in [0, 0.05) is 0 Å². The highest BCUT2D eigenvalue weighted by atomic mass is 14.5. The number of rotatable bonds is 4. The van der Waals surface area contributed by atoms with Gasteiger partial charge in [0.2, 0.25) is 0 Å². The van der Waals surface area contributed by atoms with E-state index < -0.39 is 0 Å². The van der Waals surface area contributed by atoms with Crippen LogP contribution in [0.25, 0.3) is 39.0 Å². The van der Waals surface area contributed by atoms with Crippen LogP contribution in [0.2, 0.25) is 0 Å². The van der Waals surface area contributed by atoms with Gasteiger partial charge in [-0.2, -0.15) is 0 Å². The van der Waals surface area contributed by atoms with E-state index >= 15 is 0 Å². The lowest BCUT2D eigenvalue weighted by molar-refractivity contribution is 0.631. The van der Waals surface area contributed by atoms with Crippen LogP contribution < -0.4 is 0 Å². The fraction of sp³-hybridized carbons (Fsp3) is 0.155. The van der Waals surface area contributed by atoms with E-state index in [4.69, 9.17) is 0 Å². The maximum Gasteiger partial charge on any atom is 0.0510 e. The minimum Gasteiger partial charge on any atom is -0.0905 e. The van der Waals surface area contributed by atoms with E-state index in [-0.39, 0.29) is 5.41 Å². The number of aryl methyl sites for hydroxylation is 3. The van der Waals surface area contributed by atoms with Crippen LogP contribution in [0.4, 0.5) is 0 Å². The van der Waals surface area contributed by atoms with Gasteiger partial charge in [0.05, 0.1) is 5.41 Å². The third-order valence-electron chi connectivity index (χ3n) is 13.7. The van der Waals surface area contributed by atoms with Crippen molar-refractivity contribution in [2.45, 2.75) is 72.6 Å². The van der Waals surface area contributed by atoms with Gasteiger partial charge < -0.3 is 0 Å². The summed E-state index contributed by atoms with van der Waals surface area (Å²) < 4.78 is 0. The van der Waals surface area contributed by atoms with Crippen LogP contribution in [0.5, 0.6) is 0 Å². The Balaban J connectivity index is 0.000000159. The summed E-state index contributed by atoms with van der Waals surface area (Å²) in [5, 5.41) is 0. The minimum absolute atomic E-state index is 0.274. The average Bonchev–Trinajstić information content (AvgIpc) is 3.64. The molecule has 1 unspecified atom stereocenters. The van der Waals surface area contributed by atoms with Gasteiger partial charge in [0.15, 0.2) is 0 Å². The van der Waals surface area contributed by atoms with Gasteiger partial charge in [-0.05, 0) is 143 Å². The first kappa shape index (κ1) is 49.6. The van der Waals surface area contributed by atoms with Crippen molar-refractivity contribution in [1.29, 1.82) is 0 Å². The van der Waals surface area contributed by atoms with Gasteiger partial charge in [0.25, 0.3) is 0 Å². The Kier molecular flexibility index (Phi) is 16.5. The van der Waals surface area contributed by atoms with Crippen LogP contribution in [0.1, 0.15) is 94.8 Å². The Morgan fingerprint density at radius 3 is 1.58 bits per heavy atom. The molecule has 0 heteroatoms. The zero-order chi connectivity index (χ0) is 49.6. The van der Waals surface area contributed by atoms with Crippen molar-refractivity contribution in [1.82, 2.24) is 0 Å². The molecular weight excluding hydrogens is 853 g/mol. The third-order valence-corrected chi connectivity index (χ3v) is 13.7. The first-order chi connectivity index (χ1) is 34.8. The van der Waals surface area contributed by atoms with E-state index in [0.29, 0.717) is 0 Å². The topological polar surface area (TPSA) is 0 Å². The molecular formula is C71H68. The summed E-state index contributed by atoms with van der Waals surface area (Å²) in [6.07, 6.45) is 11.0. The lowest BCUT2D eigenvalue weighted by Crippen LogP contribution is -2.30. The Labute approximate surface area is 425 Å².